The molecule has 1 aliphatic carbocycles. The molecule has 40 heavy (non-hydrogen) atoms. The van der Waals surface area contributed by atoms with Crippen LogP contribution in [0.3, 0.4) is 0 Å². The molecule has 3 aromatic rings. The molecular formula is C32H38N2O5S. The van der Waals surface area contributed by atoms with Crippen molar-refractivity contribution in [3.05, 3.63) is 89.7 Å². The molecule has 1 amide bonds. The quantitative estimate of drug-likeness (QED) is 0.344. The van der Waals surface area contributed by atoms with Gasteiger partial charge in [0.2, 0.25) is 0 Å². The van der Waals surface area contributed by atoms with Gasteiger partial charge in [-0.1, -0.05) is 62.4 Å². The number of ether oxygens (including phenoxy) is 1. The molecule has 0 saturated heterocycles. The number of aromatic nitrogens is 1. The van der Waals surface area contributed by atoms with Gasteiger partial charge in [0.15, 0.2) is 0 Å². The van der Waals surface area contributed by atoms with E-state index in [4.69, 9.17) is 4.74 Å². The first-order valence-electron chi connectivity index (χ1n) is 13.6. The van der Waals surface area contributed by atoms with Crippen molar-refractivity contribution in [2.45, 2.75) is 57.4 Å². The third kappa shape index (κ3) is 7.16. The third-order valence-electron chi connectivity index (χ3n) is 8.02. The van der Waals surface area contributed by atoms with E-state index in [0.717, 1.165) is 36.6 Å². The van der Waals surface area contributed by atoms with Crippen LogP contribution >= 0.6 is 0 Å². The van der Waals surface area contributed by atoms with Gasteiger partial charge in [0.1, 0.15) is 15.9 Å². The van der Waals surface area contributed by atoms with Crippen LogP contribution in [0.5, 0.6) is 0 Å². The van der Waals surface area contributed by atoms with Gasteiger partial charge in [0.25, 0.3) is 5.91 Å². The summed E-state index contributed by atoms with van der Waals surface area (Å²) in [4.78, 5) is 30.2. The molecule has 1 fully saturated rings. The molecule has 0 aliphatic heterocycles. The lowest BCUT2D eigenvalue weighted by molar-refractivity contribution is -0.142. The number of carbonyl (C=O) groups excluding carboxylic acids is 2. The molecule has 7 nitrogen and oxygen atoms in total. The molecule has 1 aromatic heterocycles. The summed E-state index contributed by atoms with van der Waals surface area (Å²) in [5.41, 5.74) is 4.61. The van der Waals surface area contributed by atoms with Gasteiger partial charge < -0.3 is 10.1 Å². The number of methoxy groups -OCH3 is 1. The average Bonchev–Trinajstić information content (AvgIpc) is 2.94. The van der Waals surface area contributed by atoms with Crippen LogP contribution in [0, 0.1) is 5.41 Å². The zero-order valence-electron chi connectivity index (χ0n) is 23.6. The number of sulfone groups is 1. The fourth-order valence-corrected chi connectivity index (χ4v) is 6.62. The Labute approximate surface area is 237 Å². The second-order valence-electron chi connectivity index (χ2n) is 11.4. The Bertz CT molecular complexity index is 1440. The topological polar surface area (TPSA) is 102 Å². The molecule has 212 valence electrons. The SMILES string of the molecule is COC(=O)C(CCS(C)(=O)=O)NC(=O)c1ccc(C2CCC(c3cccnc3)C(C)(C)C2)cc1-c1ccccc1. The monoisotopic (exact) mass is 562 g/mol. The zero-order valence-corrected chi connectivity index (χ0v) is 24.4. The van der Waals surface area contributed by atoms with Gasteiger partial charge in [-0.2, -0.15) is 0 Å². The normalized spacial score (nSPS) is 19.4. The van der Waals surface area contributed by atoms with Crippen molar-refractivity contribution in [1.82, 2.24) is 10.3 Å². The number of rotatable bonds is 9. The summed E-state index contributed by atoms with van der Waals surface area (Å²) in [6.07, 6.45) is 7.90. The van der Waals surface area contributed by atoms with Crippen molar-refractivity contribution in [2.75, 3.05) is 19.1 Å². The number of hydrogen-bond acceptors (Lipinski definition) is 6. The van der Waals surface area contributed by atoms with Gasteiger partial charge in [-0.15, -0.1) is 0 Å². The van der Waals surface area contributed by atoms with Crippen molar-refractivity contribution in [2.24, 2.45) is 5.41 Å². The summed E-state index contributed by atoms with van der Waals surface area (Å²) in [5.74, 6) is -0.606. The minimum absolute atomic E-state index is 0.0642. The summed E-state index contributed by atoms with van der Waals surface area (Å²) in [7, 11) is -2.11. The maximum Gasteiger partial charge on any atom is 0.328 e. The van der Waals surface area contributed by atoms with E-state index in [1.54, 1.807) is 0 Å². The summed E-state index contributed by atoms with van der Waals surface area (Å²) < 4.78 is 28.3. The Morgan fingerprint density at radius 3 is 2.42 bits per heavy atom. The first-order valence-corrected chi connectivity index (χ1v) is 15.7. The van der Waals surface area contributed by atoms with Crippen molar-refractivity contribution in [3.8, 4) is 11.1 Å². The Morgan fingerprint density at radius 1 is 1.05 bits per heavy atom. The summed E-state index contributed by atoms with van der Waals surface area (Å²) in [6, 6.07) is 18.7. The molecule has 0 spiro atoms. The van der Waals surface area contributed by atoms with Gasteiger partial charge in [-0.3, -0.25) is 9.78 Å². The Morgan fingerprint density at radius 2 is 1.80 bits per heavy atom. The minimum Gasteiger partial charge on any atom is -0.467 e. The van der Waals surface area contributed by atoms with Crippen LogP contribution in [0.2, 0.25) is 0 Å². The number of hydrogen-bond donors (Lipinski definition) is 1. The number of nitrogens with one attached hydrogen (secondary N) is 1. The fourth-order valence-electron chi connectivity index (χ4n) is 5.95. The lowest BCUT2D eigenvalue weighted by Crippen LogP contribution is -2.42. The van der Waals surface area contributed by atoms with E-state index in [1.807, 2.05) is 60.9 Å². The molecule has 4 rings (SSSR count). The smallest absolute Gasteiger partial charge is 0.328 e. The van der Waals surface area contributed by atoms with Gasteiger partial charge in [0, 0.05) is 24.2 Å². The van der Waals surface area contributed by atoms with Crippen molar-refractivity contribution < 1.29 is 22.7 Å². The van der Waals surface area contributed by atoms with Gasteiger partial charge in [-0.05, 0) is 77.3 Å². The maximum atomic E-state index is 13.5. The highest BCUT2D eigenvalue weighted by Gasteiger charge is 2.38. The summed E-state index contributed by atoms with van der Waals surface area (Å²) in [6.45, 7) is 4.64. The standard InChI is InChI=1S/C32H38N2O5S/c1-32(2)20-24(13-15-28(32)25-11-8-17-33-21-25)23-12-14-26(27(19-23)22-9-6-5-7-10-22)30(35)34-29(31(36)39-3)16-18-40(4,37)38/h5-12,14,17,19,21,24,28-29H,13,15-16,18,20H2,1-4H3,(H,34,35). The number of carbonyl (C=O) groups is 2. The van der Waals surface area contributed by atoms with Crippen LogP contribution in [0.4, 0.5) is 0 Å². The predicted molar refractivity (Wildman–Crippen MR) is 157 cm³/mol. The molecule has 1 N–H and O–H groups in total. The van der Waals surface area contributed by atoms with Crippen LogP contribution in [-0.2, 0) is 19.4 Å². The molecule has 0 radical (unpaired) electrons. The Kier molecular flexibility index (Phi) is 9.08. The van der Waals surface area contributed by atoms with Crippen molar-refractivity contribution in [3.63, 3.8) is 0 Å². The molecule has 8 heteroatoms. The van der Waals surface area contributed by atoms with E-state index in [2.05, 4.69) is 36.3 Å². The van der Waals surface area contributed by atoms with Gasteiger partial charge in [-0.25, -0.2) is 13.2 Å². The van der Waals surface area contributed by atoms with Crippen LogP contribution in [0.15, 0.2) is 73.1 Å². The van der Waals surface area contributed by atoms with E-state index >= 15 is 0 Å². The van der Waals surface area contributed by atoms with Crippen LogP contribution < -0.4 is 5.32 Å². The third-order valence-corrected chi connectivity index (χ3v) is 9.00. The van der Waals surface area contributed by atoms with Crippen LogP contribution in [-0.4, -0.2) is 50.4 Å². The Balaban J connectivity index is 1.63. The minimum atomic E-state index is -3.32. The molecule has 3 atom stereocenters. The molecule has 1 saturated carbocycles. The molecule has 0 bridgehead atoms. The molecule has 1 heterocycles. The fraction of sp³-hybridized carbons (Fsp3) is 0.406. The maximum absolute atomic E-state index is 13.5. The lowest BCUT2D eigenvalue weighted by atomic mass is 9.62. The molecule has 3 unspecified atom stereocenters. The highest BCUT2D eigenvalue weighted by atomic mass is 32.2. The highest BCUT2D eigenvalue weighted by molar-refractivity contribution is 7.90. The van der Waals surface area contributed by atoms with Crippen LogP contribution in [0.25, 0.3) is 11.1 Å². The molecule has 1 aliphatic rings. The highest BCUT2D eigenvalue weighted by Crippen LogP contribution is 2.51. The van der Waals surface area contributed by atoms with Crippen LogP contribution in [0.1, 0.15) is 72.9 Å². The average molecular weight is 563 g/mol. The summed E-state index contributed by atoms with van der Waals surface area (Å²) >= 11 is 0. The molecule has 2 aromatic carbocycles. The summed E-state index contributed by atoms with van der Waals surface area (Å²) in [5, 5.41) is 2.72. The predicted octanol–water partition coefficient (Wildman–Crippen LogP) is 5.53. The zero-order chi connectivity index (χ0) is 28.9. The number of benzene rings is 2. The van der Waals surface area contributed by atoms with Gasteiger partial charge in [0.05, 0.1) is 12.9 Å². The van der Waals surface area contributed by atoms with E-state index < -0.39 is 27.8 Å². The second-order valence-corrected chi connectivity index (χ2v) is 13.7. The van der Waals surface area contributed by atoms with Crippen molar-refractivity contribution in [1.29, 1.82) is 0 Å². The van der Waals surface area contributed by atoms with E-state index in [0.29, 0.717) is 17.4 Å². The number of pyridine rings is 1. The second kappa shape index (κ2) is 12.3. The number of esters is 1. The largest absolute Gasteiger partial charge is 0.467 e. The molecular weight excluding hydrogens is 524 g/mol. The van der Waals surface area contributed by atoms with E-state index in [-0.39, 0.29) is 17.6 Å². The van der Waals surface area contributed by atoms with E-state index in [9.17, 15) is 18.0 Å². The first-order chi connectivity index (χ1) is 19.0. The Hall–Kier alpha value is -3.52. The lowest BCUT2D eigenvalue weighted by Gasteiger charge is -2.43. The number of amides is 1. The van der Waals surface area contributed by atoms with E-state index in [1.165, 1.54) is 18.2 Å². The van der Waals surface area contributed by atoms with Gasteiger partial charge >= 0.3 is 5.97 Å². The van der Waals surface area contributed by atoms with Crippen molar-refractivity contribution >= 4 is 21.7 Å². The number of nitrogens with zero attached hydrogens (tertiary/aromatic N) is 1. The first kappa shape index (κ1) is 29.5.